The van der Waals surface area contributed by atoms with Gasteiger partial charge in [-0.1, -0.05) is 50.5 Å². The molecular formula is C22H34N2O5S. The number of aliphatic hydroxyl groups is 1. The first-order chi connectivity index (χ1) is 14.4. The van der Waals surface area contributed by atoms with Crippen LogP contribution in [-0.4, -0.2) is 50.4 Å². The first-order valence-electron chi connectivity index (χ1n) is 10.7. The van der Waals surface area contributed by atoms with Crippen LogP contribution in [0, 0.1) is 0 Å². The Hall–Kier alpha value is -1.74. The molecule has 1 heterocycles. The molecular weight excluding hydrogens is 404 g/mol. The quantitative estimate of drug-likeness (QED) is 0.288. The van der Waals surface area contributed by atoms with E-state index in [1.54, 1.807) is 5.01 Å². The highest BCUT2D eigenvalue weighted by atomic mass is 32.2. The van der Waals surface area contributed by atoms with E-state index in [0.717, 1.165) is 36.9 Å². The number of benzene rings is 1. The molecule has 0 saturated carbocycles. The summed E-state index contributed by atoms with van der Waals surface area (Å²) in [6.07, 6.45) is 8.99. The summed E-state index contributed by atoms with van der Waals surface area (Å²) in [7, 11) is -2.24. The first-order valence-corrected chi connectivity index (χ1v) is 12.2. The van der Waals surface area contributed by atoms with Crippen molar-refractivity contribution in [3.8, 4) is 0 Å². The molecule has 30 heavy (non-hydrogen) atoms. The van der Waals surface area contributed by atoms with Crippen LogP contribution in [0.3, 0.4) is 0 Å². The lowest BCUT2D eigenvalue weighted by Crippen LogP contribution is -2.39. The van der Waals surface area contributed by atoms with Gasteiger partial charge in [0.2, 0.25) is 5.91 Å². The van der Waals surface area contributed by atoms with Gasteiger partial charge in [0.1, 0.15) is 0 Å². The largest absolute Gasteiger partial charge is 0.388 e. The van der Waals surface area contributed by atoms with Crippen LogP contribution in [0.2, 0.25) is 0 Å². The van der Waals surface area contributed by atoms with Gasteiger partial charge < -0.3 is 5.11 Å². The average Bonchev–Trinajstić information content (AvgIpc) is 3.11. The fourth-order valence-electron chi connectivity index (χ4n) is 3.44. The molecule has 1 aliphatic heterocycles. The molecule has 168 valence electrons. The van der Waals surface area contributed by atoms with Crippen molar-refractivity contribution in [2.24, 2.45) is 0 Å². The van der Waals surface area contributed by atoms with Gasteiger partial charge in [0.25, 0.3) is 10.1 Å². The van der Waals surface area contributed by atoms with E-state index in [-0.39, 0.29) is 11.7 Å². The van der Waals surface area contributed by atoms with Crippen molar-refractivity contribution in [3.63, 3.8) is 0 Å². The van der Waals surface area contributed by atoms with E-state index in [2.05, 4.69) is 11.1 Å². The summed E-state index contributed by atoms with van der Waals surface area (Å²) < 4.78 is 27.0. The summed E-state index contributed by atoms with van der Waals surface area (Å²) in [5.74, 6) is 0.0459. The number of nitrogens with zero attached hydrogens (tertiary/aromatic N) is 2. The van der Waals surface area contributed by atoms with Crippen molar-refractivity contribution in [2.45, 2.75) is 58.0 Å². The molecule has 0 aromatic heterocycles. The van der Waals surface area contributed by atoms with E-state index >= 15 is 0 Å². The number of allylic oxidation sites excluding steroid dienone is 1. The number of hydrazine groups is 1. The Bertz CT molecular complexity index is 792. The number of amides is 1. The zero-order valence-electron chi connectivity index (χ0n) is 18.0. The Kier molecular flexibility index (Phi) is 9.97. The van der Waals surface area contributed by atoms with Gasteiger partial charge in [0, 0.05) is 19.5 Å². The lowest BCUT2D eigenvalue weighted by atomic mass is 10.0. The van der Waals surface area contributed by atoms with Gasteiger partial charge in [-0.15, -0.1) is 0 Å². The molecule has 1 aromatic rings. The molecule has 0 spiro atoms. The van der Waals surface area contributed by atoms with Crippen molar-refractivity contribution in [2.75, 3.05) is 31.0 Å². The van der Waals surface area contributed by atoms with Crippen molar-refractivity contribution in [1.82, 2.24) is 5.01 Å². The van der Waals surface area contributed by atoms with Crippen LogP contribution < -0.4 is 5.01 Å². The summed E-state index contributed by atoms with van der Waals surface area (Å²) in [4.78, 5) is 12.4. The number of carbonyl (C=O) groups excluding carboxylic acids is 1. The van der Waals surface area contributed by atoms with E-state index in [1.165, 1.54) is 7.11 Å². The van der Waals surface area contributed by atoms with Crippen LogP contribution in [0.1, 0.15) is 63.5 Å². The van der Waals surface area contributed by atoms with Crippen LogP contribution in [0.25, 0.3) is 0 Å². The van der Waals surface area contributed by atoms with Crippen molar-refractivity contribution in [3.05, 3.63) is 42.0 Å². The number of hydrogen-bond acceptors (Lipinski definition) is 6. The third-order valence-electron chi connectivity index (χ3n) is 5.21. The number of anilines is 1. The molecule has 1 saturated heterocycles. The van der Waals surface area contributed by atoms with Crippen LogP contribution in [0.5, 0.6) is 0 Å². The van der Waals surface area contributed by atoms with Gasteiger partial charge in [-0.25, -0.2) is 10.0 Å². The van der Waals surface area contributed by atoms with Gasteiger partial charge in [-0.05, 0) is 37.0 Å². The number of aliphatic hydroxyl groups excluding tert-OH is 1. The van der Waals surface area contributed by atoms with Gasteiger partial charge in [-0.2, -0.15) is 8.42 Å². The third kappa shape index (κ3) is 7.50. The molecule has 1 unspecified atom stereocenters. The second-order valence-corrected chi connectivity index (χ2v) is 9.37. The zero-order chi connectivity index (χ0) is 22.0. The molecule has 1 aliphatic rings. The highest BCUT2D eigenvalue weighted by Gasteiger charge is 2.29. The fraction of sp³-hybridized carbons (Fsp3) is 0.591. The monoisotopic (exact) mass is 438 g/mol. The molecule has 0 aliphatic carbocycles. The summed E-state index contributed by atoms with van der Waals surface area (Å²) >= 11 is 0. The van der Waals surface area contributed by atoms with Crippen molar-refractivity contribution < 1.29 is 22.5 Å². The van der Waals surface area contributed by atoms with Crippen LogP contribution in [-0.2, 0) is 19.1 Å². The van der Waals surface area contributed by atoms with E-state index in [0.29, 0.717) is 32.4 Å². The molecule has 1 amide bonds. The minimum absolute atomic E-state index is 0.00118. The second kappa shape index (κ2) is 12.2. The smallest absolute Gasteiger partial charge is 0.267 e. The Morgan fingerprint density at radius 3 is 2.57 bits per heavy atom. The van der Waals surface area contributed by atoms with E-state index in [4.69, 9.17) is 0 Å². The van der Waals surface area contributed by atoms with Crippen LogP contribution >= 0.6 is 0 Å². The minimum atomic E-state index is -3.41. The lowest BCUT2D eigenvalue weighted by Gasteiger charge is -2.27. The summed E-state index contributed by atoms with van der Waals surface area (Å²) in [5, 5.41) is 14.0. The normalized spacial score (nSPS) is 16.6. The Labute approximate surface area is 180 Å². The summed E-state index contributed by atoms with van der Waals surface area (Å²) in [5.41, 5.74) is 1.67. The lowest BCUT2D eigenvalue weighted by molar-refractivity contribution is -0.117. The first kappa shape index (κ1) is 24.5. The molecule has 1 fully saturated rings. The van der Waals surface area contributed by atoms with Gasteiger partial charge in [0.05, 0.1) is 24.7 Å². The standard InChI is InChI=1S/C22H34N2O5S/c1-3-4-7-10-21(25)19-11-13-20(14-12-19)24-22(26)15-17-23(24)16-8-5-6-9-18-30(27,28)29-2/h5,8,11-14,21,25H,3-4,6-7,9-10,15-18H2,1-2H3/b8-5-. The molecule has 1 atom stereocenters. The predicted molar refractivity (Wildman–Crippen MR) is 118 cm³/mol. The SMILES string of the molecule is CCCCCC(O)c1ccc(N2C(=O)CCN2C/C=C\CCCS(=O)(=O)OC)cc1. The Morgan fingerprint density at radius 1 is 1.17 bits per heavy atom. The molecule has 8 heteroatoms. The maximum absolute atomic E-state index is 12.4. The molecule has 1 aromatic carbocycles. The molecule has 7 nitrogen and oxygen atoms in total. The van der Waals surface area contributed by atoms with E-state index < -0.39 is 16.2 Å². The zero-order valence-corrected chi connectivity index (χ0v) is 18.8. The van der Waals surface area contributed by atoms with Gasteiger partial charge >= 0.3 is 0 Å². The predicted octanol–water partition coefficient (Wildman–Crippen LogP) is 3.57. The number of unbranched alkanes of at least 4 members (excludes halogenated alkanes) is 3. The fourth-order valence-corrected chi connectivity index (χ4v) is 4.12. The highest BCUT2D eigenvalue weighted by molar-refractivity contribution is 7.86. The maximum Gasteiger partial charge on any atom is 0.267 e. The minimum Gasteiger partial charge on any atom is -0.388 e. The van der Waals surface area contributed by atoms with Crippen molar-refractivity contribution >= 4 is 21.7 Å². The highest BCUT2D eigenvalue weighted by Crippen LogP contribution is 2.26. The molecule has 2 rings (SSSR count). The summed E-state index contributed by atoms with van der Waals surface area (Å²) in [6.45, 7) is 3.35. The van der Waals surface area contributed by atoms with Crippen LogP contribution in [0.4, 0.5) is 5.69 Å². The molecule has 1 N–H and O–H groups in total. The molecule has 0 radical (unpaired) electrons. The number of carbonyl (C=O) groups is 1. The maximum atomic E-state index is 12.4. The average molecular weight is 439 g/mol. The summed E-state index contributed by atoms with van der Waals surface area (Å²) in [6, 6.07) is 7.55. The van der Waals surface area contributed by atoms with Gasteiger partial charge in [-0.3, -0.25) is 8.98 Å². The Balaban J connectivity index is 1.89. The van der Waals surface area contributed by atoms with Crippen molar-refractivity contribution in [1.29, 1.82) is 0 Å². The topological polar surface area (TPSA) is 87.2 Å². The van der Waals surface area contributed by atoms with Gasteiger partial charge in [0.15, 0.2) is 0 Å². The molecule has 0 bridgehead atoms. The third-order valence-corrected chi connectivity index (χ3v) is 6.50. The van der Waals surface area contributed by atoms with E-state index in [9.17, 15) is 18.3 Å². The number of rotatable bonds is 13. The number of hydrogen-bond donors (Lipinski definition) is 1. The second-order valence-electron chi connectivity index (χ2n) is 7.51. The van der Waals surface area contributed by atoms with Crippen LogP contribution in [0.15, 0.2) is 36.4 Å². The Morgan fingerprint density at radius 2 is 1.90 bits per heavy atom. The van der Waals surface area contributed by atoms with E-state index in [1.807, 2.05) is 41.4 Å².